The Morgan fingerprint density at radius 1 is 1.04 bits per heavy atom. The van der Waals surface area contributed by atoms with Crippen molar-refractivity contribution in [2.75, 3.05) is 23.9 Å². The SMILES string of the molecule is COc1ncc(-c2cnc(N(C(=O)NCC(F)F)[C@H]3CC[C@H](Nc4ncc(C(F)(F)F)c(-c5n[nH]c(C)c5Cl)n4)CC3)cn2)cn1. The minimum Gasteiger partial charge on any atom is -0.467 e. The highest BCUT2D eigenvalue weighted by Gasteiger charge is 2.37. The molecule has 4 aromatic rings. The minimum atomic E-state index is -4.75. The normalized spacial score (nSPS) is 16.7. The zero-order valence-electron chi connectivity index (χ0n) is 24.3. The van der Waals surface area contributed by atoms with Gasteiger partial charge in [0.15, 0.2) is 5.82 Å². The van der Waals surface area contributed by atoms with Crippen LogP contribution in [0.15, 0.2) is 31.0 Å². The molecule has 4 heterocycles. The molecule has 13 nitrogen and oxygen atoms in total. The summed E-state index contributed by atoms with van der Waals surface area (Å²) in [6, 6.07) is -1.32. The van der Waals surface area contributed by atoms with Crippen LogP contribution in [0.25, 0.3) is 22.6 Å². The molecule has 5 rings (SSSR count). The van der Waals surface area contributed by atoms with Gasteiger partial charge in [-0.25, -0.2) is 38.5 Å². The maximum absolute atomic E-state index is 13.7. The van der Waals surface area contributed by atoms with E-state index in [2.05, 4.69) is 50.7 Å². The summed E-state index contributed by atoms with van der Waals surface area (Å²) in [6.45, 7) is 0.714. The third-order valence-corrected chi connectivity index (χ3v) is 7.67. The number of aromatic nitrogens is 8. The van der Waals surface area contributed by atoms with Crippen LogP contribution in [0.2, 0.25) is 5.02 Å². The molecule has 1 aliphatic carbocycles. The first-order valence-electron chi connectivity index (χ1n) is 13.9. The number of aromatic amines is 1. The van der Waals surface area contributed by atoms with Gasteiger partial charge < -0.3 is 15.4 Å². The van der Waals surface area contributed by atoms with Crippen molar-refractivity contribution in [3.8, 4) is 28.7 Å². The molecule has 0 saturated heterocycles. The number of urea groups is 1. The Labute approximate surface area is 263 Å². The number of nitrogens with zero attached hydrogens (tertiary/aromatic N) is 8. The van der Waals surface area contributed by atoms with Gasteiger partial charge in [0.2, 0.25) is 5.95 Å². The van der Waals surface area contributed by atoms with Gasteiger partial charge in [-0.15, -0.1) is 0 Å². The number of halogens is 6. The predicted octanol–water partition coefficient (Wildman–Crippen LogP) is 5.31. The monoisotopic (exact) mass is 667 g/mol. The molecule has 1 fully saturated rings. The van der Waals surface area contributed by atoms with Gasteiger partial charge in [0.05, 0.1) is 42.5 Å². The number of aryl methyl sites for hydroxylation is 1. The molecule has 0 unspecified atom stereocenters. The molecule has 0 spiro atoms. The molecule has 19 heteroatoms. The van der Waals surface area contributed by atoms with Crippen LogP contribution in [0.5, 0.6) is 6.01 Å². The lowest BCUT2D eigenvalue weighted by molar-refractivity contribution is -0.137. The molecule has 46 heavy (non-hydrogen) atoms. The van der Waals surface area contributed by atoms with Gasteiger partial charge >= 0.3 is 18.2 Å². The second kappa shape index (κ2) is 13.7. The number of nitrogens with one attached hydrogen (secondary N) is 3. The fourth-order valence-corrected chi connectivity index (χ4v) is 5.10. The number of carbonyl (C=O) groups is 1. The van der Waals surface area contributed by atoms with Crippen molar-refractivity contribution in [1.29, 1.82) is 0 Å². The molecule has 4 aromatic heterocycles. The number of rotatable bonds is 9. The first-order valence-corrected chi connectivity index (χ1v) is 14.3. The standard InChI is InChI=1S/C27H27ClF5N11O2/c1-13-21(28)23(43-42-13)22-17(27(31,32)33)9-36-24(41-22)40-15-3-5-16(6-4-15)44(26(45)39-11-19(29)30)20-12-34-18(10-35-20)14-7-37-25(46-2)38-8-14/h7-10,12,15-16,19H,3-6,11H2,1-2H3,(H,39,45)(H,42,43)(H,36,40,41)/t15-,16-. The second-order valence-electron chi connectivity index (χ2n) is 10.3. The Hall–Kier alpha value is -4.74. The second-order valence-corrected chi connectivity index (χ2v) is 10.7. The van der Waals surface area contributed by atoms with E-state index in [0.29, 0.717) is 48.8 Å². The van der Waals surface area contributed by atoms with E-state index in [1.807, 2.05) is 0 Å². The van der Waals surface area contributed by atoms with Crippen molar-refractivity contribution in [3.05, 3.63) is 47.3 Å². The molecule has 0 radical (unpaired) electrons. The number of alkyl halides is 5. The molecule has 1 aliphatic rings. The summed E-state index contributed by atoms with van der Waals surface area (Å²) < 4.78 is 72.0. The van der Waals surface area contributed by atoms with E-state index in [-0.39, 0.29) is 34.5 Å². The first kappa shape index (κ1) is 32.6. The lowest BCUT2D eigenvalue weighted by atomic mass is 9.90. The molecule has 0 aliphatic heterocycles. The summed E-state index contributed by atoms with van der Waals surface area (Å²) in [6.07, 6.45) is 0.587. The zero-order valence-corrected chi connectivity index (χ0v) is 25.1. The highest BCUT2D eigenvalue weighted by Crippen LogP contribution is 2.38. The van der Waals surface area contributed by atoms with E-state index in [1.165, 1.54) is 36.8 Å². The van der Waals surface area contributed by atoms with Gasteiger partial charge in [-0.1, -0.05) is 11.6 Å². The van der Waals surface area contributed by atoms with Crippen molar-refractivity contribution in [3.63, 3.8) is 0 Å². The van der Waals surface area contributed by atoms with Gasteiger partial charge in [0.25, 0.3) is 6.43 Å². The van der Waals surface area contributed by atoms with E-state index in [1.54, 1.807) is 6.92 Å². The number of hydrogen-bond acceptors (Lipinski definition) is 10. The van der Waals surface area contributed by atoms with E-state index >= 15 is 0 Å². The van der Waals surface area contributed by atoms with Crippen LogP contribution in [0, 0.1) is 6.92 Å². The molecular weight excluding hydrogens is 641 g/mol. The quantitative estimate of drug-likeness (QED) is 0.200. The van der Waals surface area contributed by atoms with Crippen molar-refractivity contribution < 1.29 is 31.5 Å². The van der Waals surface area contributed by atoms with Crippen LogP contribution in [-0.2, 0) is 6.18 Å². The van der Waals surface area contributed by atoms with Crippen LogP contribution in [0.1, 0.15) is 36.9 Å². The molecule has 0 aromatic carbocycles. The third kappa shape index (κ3) is 7.38. The summed E-state index contributed by atoms with van der Waals surface area (Å²) in [4.78, 5) is 39.1. The molecule has 1 saturated carbocycles. The van der Waals surface area contributed by atoms with Crippen LogP contribution in [0.4, 0.5) is 38.5 Å². The lowest BCUT2D eigenvalue weighted by Crippen LogP contribution is -2.50. The minimum absolute atomic E-state index is 0.00864. The van der Waals surface area contributed by atoms with E-state index in [4.69, 9.17) is 16.3 Å². The highest BCUT2D eigenvalue weighted by atomic mass is 35.5. The Morgan fingerprint density at radius 2 is 1.76 bits per heavy atom. The smallest absolute Gasteiger partial charge is 0.420 e. The zero-order chi connectivity index (χ0) is 33.0. The summed E-state index contributed by atoms with van der Waals surface area (Å²) >= 11 is 6.18. The van der Waals surface area contributed by atoms with Crippen LogP contribution >= 0.6 is 11.6 Å². The Kier molecular flexibility index (Phi) is 9.74. The van der Waals surface area contributed by atoms with Gasteiger partial charge in [0.1, 0.15) is 17.0 Å². The van der Waals surface area contributed by atoms with Gasteiger partial charge in [0, 0.05) is 36.2 Å². The summed E-state index contributed by atoms with van der Waals surface area (Å²) in [7, 11) is 1.43. The van der Waals surface area contributed by atoms with Gasteiger partial charge in [-0.3, -0.25) is 15.0 Å². The van der Waals surface area contributed by atoms with Gasteiger partial charge in [-0.2, -0.15) is 18.3 Å². The molecule has 2 amide bonds. The number of H-pyrrole nitrogens is 1. The van der Waals surface area contributed by atoms with E-state index in [0.717, 1.165) is 0 Å². The topological polar surface area (TPSA) is 160 Å². The fourth-order valence-electron chi connectivity index (χ4n) is 4.93. The first-order chi connectivity index (χ1) is 21.9. The molecule has 3 N–H and O–H groups in total. The highest BCUT2D eigenvalue weighted by molar-refractivity contribution is 6.33. The summed E-state index contributed by atoms with van der Waals surface area (Å²) in [5, 5.41) is 11.7. The average molecular weight is 668 g/mol. The number of ether oxygens (including phenoxy) is 1. The van der Waals surface area contributed by atoms with E-state index in [9.17, 15) is 26.7 Å². The Bertz CT molecular complexity index is 1650. The molecule has 0 atom stereocenters. The number of amides is 2. The fraction of sp³-hybridized carbons (Fsp3) is 0.407. The molecule has 244 valence electrons. The van der Waals surface area contributed by atoms with Crippen LogP contribution in [0.3, 0.4) is 0 Å². The van der Waals surface area contributed by atoms with Crippen molar-refractivity contribution >= 4 is 29.4 Å². The van der Waals surface area contributed by atoms with Crippen LogP contribution in [-0.4, -0.2) is 78.3 Å². The molecular formula is C27H27ClF5N11O2. The Balaban J connectivity index is 1.32. The summed E-state index contributed by atoms with van der Waals surface area (Å²) in [5.41, 5.74) is -0.386. The third-order valence-electron chi connectivity index (χ3n) is 7.20. The van der Waals surface area contributed by atoms with Crippen molar-refractivity contribution in [1.82, 2.24) is 45.4 Å². The lowest BCUT2D eigenvalue weighted by Gasteiger charge is -2.36. The van der Waals surface area contributed by atoms with Crippen molar-refractivity contribution in [2.24, 2.45) is 0 Å². The Morgan fingerprint density at radius 3 is 2.33 bits per heavy atom. The summed E-state index contributed by atoms with van der Waals surface area (Å²) in [5.74, 6) is 0.0851. The number of anilines is 2. The van der Waals surface area contributed by atoms with Crippen LogP contribution < -0.4 is 20.3 Å². The predicted molar refractivity (Wildman–Crippen MR) is 156 cm³/mol. The van der Waals surface area contributed by atoms with E-state index < -0.39 is 42.5 Å². The number of carbonyl (C=O) groups excluding carboxylic acids is 1. The van der Waals surface area contributed by atoms with Gasteiger partial charge in [-0.05, 0) is 32.6 Å². The van der Waals surface area contributed by atoms with Crippen molar-refractivity contribution in [2.45, 2.75) is 57.3 Å². The largest absolute Gasteiger partial charge is 0.467 e. The average Bonchev–Trinajstić information content (AvgIpc) is 3.38. The maximum atomic E-state index is 13.7. The maximum Gasteiger partial charge on any atom is 0.420 e. The number of hydrogen-bond donors (Lipinski definition) is 3. The number of methoxy groups -OCH3 is 1. The molecule has 0 bridgehead atoms.